The normalized spacial score (nSPS) is 19.3. The summed E-state index contributed by atoms with van der Waals surface area (Å²) >= 11 is 1.57. The van der Waals surface area contributed by atoms with Gasteiger partial charge in [0, 0.05) is 18.0 Å². The summed E-state index contributed by atoms with van der Waals surface area (Å²) in [6.45, 7) is 6.52. The minimum absolute atomic E-state index is 0.671. The fraction of sp³-hybridized carbons (Fsp3) is 0.444. The molecule has 2 heterocycles. The van der Waals surface area contributed by atoms with E-state index >= 15 is 0 Å². The van der Waals surface area contributed by atoms with Crippen molar-refractivity contribution < 1.29 is 0 Å². The van der Waals surface area contributed by atoms with Gasteiger partial charge in [-0.25, -0.2) is 4.98 Å². The predicted octanol–water partition coefficient (Wildman–Crippen LogP) is 4.27. The van der Waals surface area contributed by atoms with Gasteiger partial charge in [-0.15, -0.1) is 11.3 Å². The number of nitrogens with zero attached hydrogens (tertiary/aromatic N) is 3. The van der Waals surface area contributed by atoms with E-state index in [0.29, 0.717) is 6.04 Å². The number of aryl methyl sites for hydroxylation is 1. The zero-order valence-electron chi connectivity index (χ0n) is 13.8. The van der Waals surface area contributed by atoms with Gasteiger partial charge in [-0.2, -0.15) is 5.10 Å². The Morgan fingerprint density at radius 2 is 2.26 bits per heavy atom. The summed E-state index contributed by atoms with van der Waals surface area (Å²) in [4.78, 5) is 6.93. The number of thiazole rings is 1. The Labute approximate surface area is 142 Å². The summed E-state index contributed by atoms with van der Waals surface area (Å²) in [5.41, 5.74) is 6.54. The van der Waals surface area contributed by atoms with Gasteiger partial charge in [0.15, 0.2) is 0 Å². The topological polar surface area (TPSA) is 40.5 Å². The number of anilines is 1. The first kappa shape index (κ1) is 16.1. The quantitative estimate of drug-likeness (QED) is 0.658. The molecule has 1 unspecified atom stereocenters. The average Bonchev–Trinajstić information content (AvgIpc) is 2.97. The lowest BCUT2D eigenvalue weighted by atomic mass is 10.0. The molecule has 0 bridgehead atoms. The van der Waals surface area contributed by atoms with Gasteiger partial charge in [-0.3, -0.25) is 10.3 Å². The van der Waals surface area contributed by atoms with Gasteiger partial charge in [0.25, 0.3) is 0 Å². The number of likely N-dealkylation sites (tertiary alicyclic amines) is 1. The van der Waals surface area contributed by atoms with Crippen LogP contribution in [0.5, 0.6) is 0 Å². The van der Waals surface area contributed by atoms with Gasteiger partial charge in [0.1, 0.15) is 0 Å². The van der Waals surface area contributed by atoms with E-state index in [-0.39, 0.29) is 0 Å². The zero-order valence-corrected chi connectivity index (χ0v) is 14.6. The van der Waals surface area contributed by atoms with Gasteiger partial charge in [-0.05, 0) is 44.4 Å². The standard InChI is InChI=1S/C18H24N4S/c1-14-13-23-18(20-14)21-19-11-16-8-3-4-9-17(16)12-22-10-6-5-7-15(22)2/h3-4,8-9,11,13,15H,5-7,10,12H2,1-2H3,(H,20,21). The van der Waals surface area contributed by atoms with Crippen molar-refractivity contribution in [2.24, 2.45) is 5.10 Å². The van der Waals surface area contributed by atoms with Crippen molar-refractivity contribution in [3.05, 3.63) is 46.5 Å². The molecule has 23 heavy (non-hydrogen) atoms. The van der Waals surface area contributed by atoms with Crippen LogP contribution in [0.2, 0.25) is 0 Å². The number of benzene rings is 1. The molecule has 2 aromatic rings. The fourth-order valence-corrected chi connectivity index (χ4v) is 3.61. The summed E-state index contributed by atoms with van der Waals surface area (Å²) < 4.78 is 0. The molecule has 4 nitrogen and oxygen atoms in total. The first-order valence-corrected chi connectivity index (χ1v) is 9.13. The lowest BCUT2D eigenvalue weighted by Gasteiger charge is -2.33. The highest BCUT2D eigenvalue weighted by molar-refractivity contribution is 7.13. The molecule has 1 aliphatic heterocycles. The van der Waals surface area contributed by atoms with Crippen LogP contribution in [0.25, 0.3) is 0 Å². The van der Waals surface area contributed by atoms with Crippen molar-refractivity contribution in [2.75, 3.05) is 12.0 Å². The second-order valence-electron chi connectivity index (χ2n) is 6.18. The molecule has 1 atom stereocenters. The highest BCUT2D eigenvalue weighted by Gasteiger charge is 2.18. The minimum Gasteiger partial charge on any atom is -0.296 e. The van der Waals surface area contributed by atoms with Crippen LogP contribution in [0, 0.1) is 6.92 Å². The van der Waals surface area contributed by atoms with Crippen molar-refractivity contribution in [1.29, 1.82) is 0 Å². The predicted molar refractivity (Wildman–Crippen MR) is 98.2 cm³/mol. The van der Waals surface area contributed by atoms with E-state index in [1.807, 2.05) is 18.5 Å². The first-order valence-electron chi connectivity index (χ1n) is 8.25. The molecule has 0 spiro atoms. The van der Waals surface area contributed by atoms with Gasteiger partial charge < -0.3 is 0 Å². The second kappa shape index (κ2) is 7.70. The molecule has 122 valence electrons. The summed E-state index contributed by atoms with van der Waals surface area (Å²) in [7, 11) is 0. The second-order valence-corrected chi connectivity index (χ2v) is 7.04. The SMILES string of the molecule is Cc1csc(NN=Cc2ccccc2CN2CCCCC2C)n1. The molecule has 0 amide bonds. The summed E-state index contributed by atoms with van der Waals surface area (Å²) in [5.74, 6) is 0. The van der Waals surface area contributed by atoms with E-state index in [9.17, 15) is 0 Å². The van der Waals surface area contributed by atoms with E-state index in [4.69, 9.17) is 0 Å². The number of rotatable bonds is 5. The summed E-state index contributed by atoms with van der Waals surface area (Å²) in [6.07, 6.45) is 5.88. The third-order valence-corrected chi connectivity index (χ3v) is 5.22. The Bertz CT molecular complexity index is 665. The highest BCUT2D eigenvalue weighted by atomic mass is 32.1. The molecule has 1 N–H and O–H groups in total. The molecular formula is C18H24N4S. The number of hydrogen-bond acceptors (Lipinski definition) is 5. The van der Waals surface area contributed by atoms with Crippen LogP contribution < -0.4 is 5.43 Å². The number of nitrogens with one attached hydrogen (secondary N) is 1. The van der Waals surface area contributed by atoms with E-state index in [0.717, 1.165) is 17.4 Å². The van der Waals surface area contributed by atoms with Gasteiger partial charge >= 0.3 is 0 Å². The van der Waals surface area contributed by atoms with E-state index < -0.39 is 0 Å². The number of hydrogen-bond donors (Lipinski definition) is 1. The molecular weight excluding hydrogens is 304 g/mol. The fourth-order valence-electron chi connectivity index (χ4n) is 2.98. The summed E-state index contributed by atoms with van der Waals surface area (Å²) in [6, 6.07) is 9.18. The minimum atomic E-state index is 0.671. The number of aromatic nitrogens is 1. The summed E-state index contributed by atoms with van der Waals surface area (Å²) in [5, 5.41) is 7.20. The van der Waals surface area contributed by atoms with Gasteiger partial charge in [-0.1, -0.05) is 30.7 Å². The van der Waals surface area contributed by atoms with Gasteiger partial charge in [0.05, 0.1) is 11.9 Å². The monoisotopic (exact) mass is 328 g/mol. The van der Waals surface area contributed by atoms with Crippen molar-refractivity contribution in [1.82, 2.24) is 9.88 Å². The number of piperidine rings is 1. The van der Waals surface area contributed by atoms with Crippen molar-refractivity contribution in [3.63, 3.8) is 0 Å². The Hall–Kier alpha value is -1.72. The maximum Gasteiger partial charge on any atom is 0.203 e. The molecule has 1 fully saturated rings. The molecule has 0 saturated carbocycles. The molecule has 1 aromatic heterocycles. The molecule has 1 aliphatic rings. The maximum absolute atomic E-state index is 4.35. The Balaban J connectivity index is 1.67. The van der Waals surface area contributed by atoms with Crippen LogP contribution in [0.4, 0.5) is 5.13 Å². The van der Waals surface area contributed by atoms with Crippen LogP contribution in [0.1, 0.15) is 43.0 Å². The molecule has 5 heteroatoms. The van der Waals surface area contributed by atoms with Crippen LogP contribution in [-0.2, 0) is 6.54 Å². The lowest BCUT2D eigenvalue weighted by molar-refractivity contribution is 0.152. The van der Waals surface area contributed by atoms with Crippen LogP contribution in [-0.4, -0.2) is 28.7 Å². The Kier molecular flexibility index (Phi) is 5.41. The first-order chi connectivity index (χ1) is 11.2. The van der Waals surface area contributed by atoms with Gasteiger partial charge in [0.2, 0.25) is 5.13 Å². The largest absolute Gasteiger partial charge is 0.296 e. The molecule has 0 aliphatic carbocycles. The van der Waals surface area contributed by atoms with Crippen LogP contribution in [0.15, 0.2) is 34.7 Å². The Morgan fingerprint density at radius 3 is 3.04 bits per heavy atom. The molecule has 3 rings (SSSR count). The van der Waals surface area contributed by atoms with Crippen molar-refractivity contribution in [3.8, 4) is 0 Å². The maximum atomic E-state index is 4.35. The lowest BCUT2D eigenvalue weighted by Crippen LogP contribution is -2.36. The smallest absolute Gasteiger partial charge is 0.203 e. The molecule has 1 aromatic carbocycles. The zero-order chi connectivity index (χ0) is 16.1. The molecule has 1 saturated heterocycles. The van der Waals surface area contributed by atoms with Crippen molar-refractivity contribution >= 4 is 22.7 Å². The highest BCUT2D eigenvalue weighted by Crippen LogP contribution is 2.20. The third-order valence-electron chi connectivity index (χ3n) is 4.35. The van der Waals surface area contributed by atoms with E-state index in [1.54, 1.807) is 11.3 Å². The van der Waals surface area contributed by atoms with Crippen LogP contribution in [0.3, 0.4) is 0 Å². The van der Waals surface area contributed by atoms with E-state index in [2.05, 4.69) is 51.6 Å². The van der Waals surface area contributed by atoms with Crippen LogP contribution >= 0.6 is 11.3 Å². The average molecular weight is 328 g/mol. The molecule has 0 radical (unpaired) electrons. The number of hydrazone groups is 1. The third kappa shape index (κ3) is 4.39. The van der Waals surface area contributed by atoms with E-state index in [1.165, 1.54) is 36.9 Å². The Morgan fingerprint density at radius 1 is 1.39 bits per heavy atom. The van der Waals surface area contributed by atoms with Crippen molar-refractivity contribution in [2.45, 2.75) is 45.7 Å².